The number of aromatic nitrogens is 4. The summed E-state index contributed by atoms with van der Waals surface area (Å²) in [6.07, 6.45) is 5.70. The highest BCUT2D eigenvalue weighted by atomic mass is 16.5. The second-order valence-corrected chi connectivity index (χ2v) is 4.03. The van der Waals surface area contributed by atoms with Gasteiger partial charge in [-0.15, -0.1) is 0 Å². The summed E-state index contributed by atoms with van der Waals surface area (Å²) in [5, 5.41) is 3.94. The highest BCUT2D eigenvalue weighted by Crippen LogP contribution is 2.17. The van der Waals surface area contributed by atoms with Gasteiger partial charge in [-0.25, -0.2) is 4.98 Å². The molecule has 0 saturated heterocycles. The molecule has 3 rings (SSSR count). The van der Waals surface area contributed by atoms with E-state index in [0.29, 0.717) is 24.0 Å². The number of rotatable bonds is 3. The van der Waals surface area contributed by atoms with Crippen LogP contribution in [0.25, 0.3) is 11.5 Å². The zero-order valence-corrected chi connectivity index (χ0v) is 10.0. The lowest BCUT2D eigenvalue weighted by molar-refractivity contribution is 0.424. The normalized spacial score (nSPS) is 10.5. The summed E-state index contributed by atoms with van der Waals surface area (Å²) in [6, 6.07) is 7.33. The lowest BCUT2D eigenvalue weighted by Gasteiger charge is -1.94. The standard InChI is InChI=1S/C13H11N5O/c14-11-4-3-10(8-16-11)13-17-12(18-19-13)6-9-2-1-5-15-7-9/h1-5,7-8H,6H2,(H2,14,16). The largest absolute Gasteiger partial charge is 0.384 e. The number of nitrogen functional groups attached to an aromatic ring is 1. The van der Waals surface area contributed by atoms with Crippen LogP contribution in [0.1, 0.15) is 11.4 Å². The van der Waals surface area contributed by atoms with Crippen LogP contribution in [-0.2, 0) is 6.42 Å². The van der Waals surface area contributed by atoms with Gasteiger partial charge in [0.1, 0.15) is 5.82 Å². The molecule has 0 atom stereocenters. The summed E-state index contributed by atoms with van der Waals surface area (Å²) in [4.78, 5) is 12.4. The SMILES string of the molecule is Nc1ccc(-c2nc(Cc3cccnc3)no2)cn1. The minimum absolute atomic E-state index is 0.436. The summed E-state index contributed by atoms with van der Waals surface area (Å²) >= 11 is 0. The lowest BCUT2D eigenvalue weighted by atomic mass is 10.2. The minimum atomic E-state index is 0.436. The number of nitrogens with two attached hydrogens (primary N) is 1. The topological polar surface area (TPSA) is 90.7 Å². The Morgan fingerprint density at radius 1 is 1.16 bits per heavy atom. The third kappa shape index (κ3) is 2.57. The van der Waals surface area contributed by atoms with Gasteiger partial charge in [-0.05, 0) is 23.8 Å². The predicted octanol–water partition coefficient (Wildman–Crippen LogP) is 1.70. The zero-order valence-electron chi connectivity index (χ0n) is 10.0. The van der Waals surface area contributed by atoms with E-state index in [1.54, 1.807) is 30.7 Å². The van der Waals surface area contributed by atoms with Crippen LogP contribution in [0.2, 0.25) is 0 Å². The molecule has 6 heteroatoms. The first-order valence-electron chi connectivity index (χ1n) is 5.74. The number of anilines is 1. The maximum absolute atomic E-state index is 5.53. The molecule has 0 fully saturated rings. The van der Waals surface area contributed by atoms with Crippen molar-refractivity contribution in [3.8, 4) is 11.5 Å². The average Bonchev–Trinajstić information content (AvgIpc) is 2.89. The summed E-state index contributed by atoms with van der Waals surface area (Å²) in [5.74, 6) is 1.50. The summed E-state index contributed by atoms with van der Waals surface area (Å²) < 4.78 is 5.20. The highest BCUT2D eigenvalue weighted by Gasteiger charge is 2.09. The Labute approximate surface area is 109 Å². The van der Waals surface area contributed by atoms with E-state index >= 15 is 0 Å². The van der Waals surface area contributed by atoms with E-state index < -0.39 is 0 Å². The van der Waals surface area contributed by atoms with E-state index in [0.717, 1.165) is 11.1 Å². The van der Waals surface area contributed by atoms with Gasteiger partial charge in [0.25, 0.3) is 5.89 Å². The molecule has 19 heavy (non-hydrogen) atoms. The second kappa shape index (κ2) is 4.85. The zero-order chi connectivity index (χ0) is 13.1. The summed E-state index contributed by atoms with van der Waals surface area (Å²) in [6.45, 7) is 0. The molecule has 3 heterocycles. The summed E-state index contributed by atoms with van der Waals surface area (Å²) in [5.41, 5.74) is 7.31. The van der Waals surface area contributed by atoms with Crippen molar-refractivity contribution in [3.63, 3.8) is 0 Å². The number of hydrogen-bond donors (Lipinski definition) is 1. The predicted molar refractivity (Wildman–Crippen MR) is 69.0 cm³/mol. The molecule has 0 saturated carbocycles. The van der Waals surface area contributed by atoms with Crippen molar-refractivity contribution >= 4 is 5.82 Å². The Bertz CT molecular complexity index is 663. The van der Waals surface area contributed by atoms with E-state index in [1.165, 1.54) is 0 Å². The Hall–Kier alpha value is -2.76. The van der Waals surface area contributed by atoms with Crippen molar-refractivity contribution in [1.29, 1.82) is 0 Å². The molecule has 0 bridgehead atoms. The number of pyridine rings is 2. The molecule has 0 amide bonds. The lowest BCUT2D eigenvalue weighted by Crippen LogP contribution is -1.91. The molecule has 0 aliphatic rings. The van der Waals surface area contributed by atoms with Crippen molar-refractivity contribution in [2.75, 3.05) is 5.73 Å². The van der Waals surface area contributed by atoms with Crippen LogP contribution in [0.5, 0.6) is 0 Å². The van der Waals surface area contributed by atoms with Crippen molar-refractivity contribution in [1.82, 2.24) is 20.1 Å². The first-order chi connectivity index (χ1) is 9.31. The Balaban J connectivity index is 1.82. The first kappa shape index (κ1) is 11.3. The van der Waals surface area contributed by atoms with Gasteiger partial charge in [0, 0.05) is 25.0 Å². The van der Waals surface area contributed by atoms with Gasteiger partial charge < -0.3 is 10.3 Å². The van der Waals surface area contributed by atoms with E-state index in [-0.39, 0.29) is 0 Å². The van der Waals surface area contributed by atoms with Crippen LogP contribution in [0.15, 0.2) is 47.4 Å². The highest BCUT2D eigenvalue weighted by molar-refractivity contribution is 5.53. The number of nitrogens with zero attached hydrogens (tertiary/aromatic N) is 4. The Morgan fingerprint density at radius 3 is 2.84 bits per heavy atom. The van der Waals surface area contributed by atoms with Crippen LogP contribution in [-0.4, -0.2) is 20.1 Å². The fourth-order valence-electron chi connectivity index (χ4n) is 1.66. The molecule has 0 aliphatic heterocycles. The molecule has 0 radical (unpaired) electrons. The van der Waals surface area contributed by atoms with Gasteiger partial charge in [0.15, 0.2) is 5.82 Å². The van der Waals surface area contributed by atoms with E-state index in [4.69, 9.17) is 10.3 Å². The Kier molecular flexibility index (Phi) is 2.89. The van der Waals surface area contributed by atoms with Crippen LogP contribution < -0.4 is 5.73 Å². The van der Waals surface area contributed by atoms with Crippen molar-refractivity contribution < 1.29 is 4.52 Å². The number of hydrogen-bond acceptors (Lipinski definition) is 6. The van der Waals surface area contributed by atoms with Crippen molar-refractivity contribution in [2.24, 2.45) is 0 Å². The van der Waals surface area contributed by atoms with Gasteiger partial charge in [0.05, 0.1) is 5.56 Å². The molecule has 0 aliphatic carbocycles. The van der Waals surface area contributed by atoms with E-state index in [2.05, 4.69) is 20.1 Å². The molecule has 0 spiro atoms. The fourth-order valence-corrected chi connectivity index (χ4v) is 1.66. The van der Waals surface area contributed by atoms with Gasteiger partial charge in [-0.1, -0.05) is 11.2 Å². The molecule has 94 valence electrons. The van der Waals surface area contributed by atoms with Gasteiger partial charge >= 0.3 is 0 Å². The van der Waals surface area contributed by atoms with Crippen LogP contribution in [0.3, 0.4) is 0 Å². The van der Waals surface area contributed by atoms with E-state index in [9.17, 15) is 0 Å². The van der Waals surface area contributed by atoms with Crippen molar-refractivity contribution in [3.05, 3.63) is 54.2 Å². The van der Waals surface area contributed by atoms with Crippen LogP contribution in [0, 0.1) is 0 Å². The van der Waals surface area contributed by atoms with E-state index in [1.807, 2.05) is 12.1 Å². The average molecular weight is 253 g/mol. The monoisotopic (exact) mass is 253 g/mol. The molecule has 0 aromatic carbocycles. The molecule has 6 nitrogen and oxygen atoms in total. The second-order valence-electron chi connectivity index (χ2n) is 4.03. The minimum Gasteiger partial charge on any atom is -0.384 e. The van der Waals surface area contributed by atoms with Crippen LogP contribution >= 0.6 is 0 Å². The van der Waals surface area contributed by atoms with Gasteiger partial charge in [0.2, 0.25) is 0 Å². The summed E-state index contributed by atoms with van der Waals surface area (Å²) in [7, 11) is 0. The van der Waals surface area contributed by atoms with Crippen LogP contribution in [0.4, 0.5) is 5.82 Å². The maximum Gasteiger partial charge on any atom is 0.259 e. The molecule has 0 unspecified atom stereocenters. The fraction of sp³-hybridized carbons (Fsp3) is 0.0769. The quantitative estimate of drug-likeness (QED) is 0.763. The van der Waals surface area contributed by atoms with Gasteiger partial charge in [-0.3, -0.25) is 4.98 Å². The third-order valence-electron chi connectivity index (χ3n) is 2.59. The first-order valence-corrected chi connectivity index (χ1v) is 5.74. The molecular weight excluding hydrogens is 242 g/mol. The van der Waals surface area contributed by atoms with Crippen molar-refractivity contribution in [2.45, 2.75) is 6.42 Å². The maximum atomic E-state index is 5.53. The molecule has 2 N–H and O–H groups in total. The third-order valence-corrected chi connectivity index (χ3v) is 2.59. The smallest absolute Gasteiger partial charge is 0.259 e. The molecule has 3 aromatic heterocycles. The Morgan fingerprint density at radius 2 is 2.11 bits per heavy atom. The molecule has 3 aromatic rings. The molecular formula is C13H11N5O. The van der Waals surface area contributed by atoms with Gasteiger partial charge in [-0.2, -0.15) is 4.98 Å².